The zero-order chi connectivity index (χ0) is 15.6. The summed E-state index contributed by atoms with van der Waals surface area (Å²) in [5.74, 6) is 0. The summed E-state index contributed by atoms with van der Waals surface area (Å²) in [7, 11) is -3.62. The first-order valence-electron chi connectivity index (χ1n) is 6.89. The van der Waals surface area contributed by atoms with Gasteiger partial charge in [0.1, 0.15) is 0 Å². The van der Waals surface area contributed by atoms with Gasteiger partial charge in [0.2, 0.25) is 0 Å². The molecule has 2 aromatic carbocycles. The van der Waals surface area contributed by atoms with Gasteiger partial charge >= 0.3 is 0 Å². The third kappa shape index (κ3) is 2.76. The van der Waals surface area contributed by atoms with E-state index in [1.54, 1.807) is 31.2 Å². The Balaban J connectivity index is 2.03. The number of nitrogens with one attached hydrogen (secondary N) is 1. The number of hydrogen-bond donors (Lipinski definition) is 1. The van der Waals surface area contributed by atoms with E-state index in [0.717, 1.165) is 5.69 Å². The van der Waals surface area contributed by atoms with E-state index in [4.69, 9.17) is 0 Å². The SMILES string of the molecule is Cc1ccccc1S(=O)(=O)Nc1ccccc1-n1cccc1. The smallest absolute Gasteiger partial charge is 0.262 e. The molecule has 1 heterocycles. The molecule has 22 heavy (non-hydrogen) atoms. The lowest BCUT2D eigenvalue weighted by atomic mass is 10.2. The van der Waals surface area contributed by atoms with E-state index in [2.05, 4.69) is 4.72 Å². The number of hydrogen-bond acceptors (Lipinski definition) is 2. The van der Waals surface area contributed by atoms with Gasteiger partial charge < -0.3 is 4.57 Å². The first-order valence-corrected chi connectivity index (χ1v) is 8.37. The Morgan fingerprint density at radius 1 is 0.864 bits per heavy atom. The second-order valence-electron chi connectivity index (χ2n) is 4.98. The molecule has 0 fully saturated rings. The third-order valence-corrected chi connectivity index (χ3v) is 4.94. The van der Waals surface area contributed by atoms with E-state index in [0.29, 0.717) is 11.3 Å². The summed E-state index contributed by atoms with van der Waals surface area (Å²) in [6, 6.07) is 18.0. The van der Waals surface area contributed by atoms with E-state index < -0.39 is 10.0 Å². The number of sulfonamides is 1. The lowest BCUT2D eigenvalue weighted by Crippen LogP contribution is -2.15. The van der Waals surface area contributed by atoms with Crippen LogP contribution in [0, 0.1) is 6.92 Å². The molecule has 1 aromatic heterocycles. The Labute approximate surface area is 130 Å². The van der Waals surface area contributed by atoms with Gasteiger partial charge in [-0.2, -0.15) is 0 Å². The Morgan fingerprint density at radius 2 is 1.50 bits per heavy atom. The van der Waals surface area contributed by atoms with E-state index >= 15 is 0 Å². The zero-order valence-corrected chi connectivity index (χ0v) is 12.9. The van der Waals surface area contributed by atoms with Crippen LogP contribution >= 0.6 is 0 Å². The maximum absolute atomic E-state index is 12.6. The number of nitrogens with zero attached hydrogens (tertiary/aromatic N) is 1. The molecule has 3 aromatic rings. The minimum atomic E-state index is -3.62. The van der Waals surface area contributed by atoms with Crippen molar-refractivity contribution in [3.8, 4) is 5.69 Å². The van der Waals surface area contributed by atoms with Crippen LogP contribution in [0.3, 0.4) is 0 Å². The summed E-state index contributed by atoms with van der Waals surface area (Å²) >= 11 is 0. The van der Waals surface area contributed by atoms with E-state index in [1.807, 2.05) is 53.4 Å². The fourth-order valence-corrected chi connectivity index (χ4v) is 3.66. The van der Waals surface area contributed by atoms with Gasteiger partial charge in [0.15, 0.2) is 0 Å². The summed E-state index contributed by atoms with van der Waals surface area (Å²) in [6.45, 7) is 1.78. The molecule has 5 heteroatoms. The van der Waals surface area contributed by atoms with Crippen LogP contribution in [0.15, 0.2) is 78.0 Å². The average molecular weight is 312 g/mol. The fraction of sp³-hybridized carbons (Fsp3) is 0.0588. The van der Waals surface area contributed by atoms with Crippen molar-refractivity contribution in [2.45, 2.75) is 11.8 Å². The highest BCUT2D eigenvalue weighted by Gasteiger charge is 2.18. The molecule has 0 atom stereocenters. The molecule has 0 saturated heterocycles. The molecule has 0 radical (unpaired) electrons. The Morgan fingerprint density at radius 3 is 2.23 bits per heavy atom. The second-order valence-corrected chi connectivity index (χ2v) is 6.63. The van der Waals surface area contributed by atoms with Crippen LogP contribution in [0.4, 0.5) is 5.69 Å². The van der Waals surface area contributed by atoms with Gasteiger partial charge in [0.25, 0.3) is 10.0 Å². The van der Waals surface area contributed by atoms with Crippen LogP contribution in [0.5, 0.6) is 0 Å². The van der Waals surface area contributed by atoms with Crippen molar-refractivity contribution in [3.63, 3.8) is 0 Å². The summed E-state index contributed by atoms with van der Waals surface area (Å²) in [4.78, 5) is 0.289. The molecule has 0 aliphatic rings. The van der Waals surface area contributed by atoms with Crippen LogP contribution in [0.1, 0.15) is 5.56 Å². The predicted octanol–water partition coefficient (Wildman–Crippen LogP) is 3.59. The van der Waals surface area contributed by atoms with E-state index in [9.17, 15) is 8.42 Å². The van der Waals surface area contributed by atoms with Gasteiger partial charge in [-0.25, -0.2) is 8.42 Å². The lowest BCUT2D eigenvalue weighted by molar-refractivity contribution is 0.600. The highest BCUT2D eigenvalue weighted by atomic mass is 32.2. The molecule has 0 bridgehead atoms. The van der Waals surface area contributed by atoms with Crippen molar-refractivity contribution in [2.24, 2.45) is 0 Å². The molecule has 0 spiro atoms. The number of aromatic nitrogens is 1. The van der Waals surface area contributed by atoms with Crippen molar-refractivity contribution < 1.29 is 8.42 Å². The number of benzene rings is 2. The number of para-hydroxylation sites is 2. The first kappa shape index (κ1) is 14.4. The van der Waals surface area contributed by atoms with Crippen LogP contribution < -0.4 is 4.72 Å². The van der Waals surface area contributed by atoms with Crippen molar-refractivity contribution in [1.29, 1.82) is 0 Å². The van der Waals surface area contributed by atoms with Gasteiger partial charge in [-0.3, -0.25) is 4.72 Å². The lowest BCUT2D eigenvalue weighted by Gasteiger charge is -2.14. The number of rotatable bonds is 4. The molecule has 0 amide bonds. The summed E-state index contributed by atoms with van der Waals surface area (Å²) < 4.78 is 29.8. The molecule has 4 nitrogen and oxygen atoms in total. The second kappa shape index (κ2) is 5.69. The monoisotopic (exact) mass is 312 g/mol. The largest absolute Gasteiger partial charge is 0.322 e. The minimum Gasteiger partial charge on any atom is -0.322 e. The van der Waals surface area contributed by atoms with Gasteiger partial charge in [-0.15, -0.1) is 0 Å². The zero-order valence-electron chi connectivity index (χ0n) is 12.1. The van der Waals surface area contributed by atoms with Crippen LogP contribution in [0.25, 0.3) is 5.69 Å². The van der Waals surface area contributed by atoms with Crippen LogP contribution in [-0.4, -0.2) is 13.0 Å². The van der Waals surface area contributed by atoms with E-state index in [-0.39, 0.29) is 4.90 Å². The maximum atomic E-state index is 12.6. The highest BCUT2D eigenvalue weighted by molar-refractivity contribution is 7.92. The number of aryl methyl sites for hydroxylation is 1. The van der Waals surface area contributed by atoms with Crippen molar-refractivity contribution in [2.75, 3.05) is 4.72 Å². The topological polar surface area (TPSA) is 51.1 Å². The molecule has 112 valence electrons. The summed E-state index contributed by atoms with van der Waals surface area (Å²) in [5, 5.41) is 0. The van der Waals surface area contributed by atoms with E-state index in [1.165, 1.54) is 0 Å². The maximum Gasteiger partial charge on any atom is 0.262 e. The van der Waals surface area contributed by atoms with Crippen molar-refractivity contribution >= 4 is 15.7 Å². The standard InChI is InChI=1S/C17H16N2O2S/c1-14-8-2-5-11-17(14)22(20,21)18-15-9-3-4-10-16(15)19-12-6-7-13-19/h2-13,18H,1H3. The van der Waals surface area contributed by atoms with Crippen LogP contribution in [-0.2, 0) is 10.0 Å². The number of anilines is 1. The fourth-order valence-electron chi connectivity index (χ4n) is 2.34. The molecule has 1 N–H and O–H groups in total. The predicted molar refractivity (Wildman–Crippen MR) is 87.8 cm³/mol. The van der Waals surface area contributed by atoms with Crippen LogP contribution in [0.2, 0.25) is 0 Å². The molecule has 0 saturated carbocycles. The van der Waals surface area contributed by atoms with Crippen molar-refractivity contribution in [1.82, 2.24) is 4.57 Å². The molecular formula is C17H16N2O2S. The summed E-state index contributed by atoms with van der Waals surface area (Å²) in [5.41, 5.74) is 2.04. The van der Waals surface area contributed by atoms with Crippen molar-refractivity contribution in [3.05, 3.63) is 78.6 Å². The average Bonchev–Trinajstić information content (AvgIpc) is 3.02. The molecule has 0 aliphatic heterocycles. The van der Waals surface area contributed by atoms with Gasteiger partial charge in [-0.05, 0) is 42.8 Å². The van der Waals surface area contributed by atoms with Gasteiger partial charge in [-0.1, -0.05) is 30.3 Å². The molecule has 0 aliphatic carbocycles. The molecular weight excluding hydrogens is 296 g/mol. The van der Waals surface area contributed by atoms with Gasteiger partial charge in [0, 0.05) is 12.4 Å². The minimum absolute atomic E-state index is 0.289. The highest BCUT2D eigenvalue weighted by Crippen LogP contribution is 2.24. The molecule has 3 rings (SSSR count). The molecule has 0 unspecified atom stereocenters. The quantitative estimate of drug-likeness (QED) is 0.800. The normalized spacial score (nSPS) is 11.3. The summed E-state index contributed by atoms with van der Waals surface area (Å²) in [6.07, 6.45) is 3.75. The Bertz CT molecular complexity index is 885. The third-order valence-electron chi connectivity index (χ3n) is 3.41. The Kier molecular flexibility index (Phi) is 3.73. The first-order chi connectivity index (χ1) is 10.6. The Hall–Kier alpha value is -2.53. The van der Waals surface area contributed by atoms with Gasteiger partial charge in [0.05, 0.1) is 16.3 Å².